The van der Waals surface area contributed by atoms with Gasteiger partial charge in [-0.05, 0) is 57.7 Å². The summed E-state index contributed by atoms with van der Waals surface area (Å²) in [6.45, 7) is 2.00. The number of hydrogen-bond donors (Lipinski definition) is 1. The molecule has 0 aromatic heterocycles. The second-order valence-corrected chi connectivity index (χ2v) is 6.45. The molecule has 0 bridgehead atoms. The van der Waals surface area contributed by atoms with Crippen molar-refractivity contribution in [2.45, 2.75) is 12.8 Å². The summed E-state index contributed by atoms with van der Waals surface area (Å²) in [5, 5.41) is 4.55. The van der Waals surface area contributed by atoms with Gasteiger partial charge in [0, 0.05) is 17.6 Å². The van der Waals surface area contributed by atoms with Crippen molar-refractivity contribution in [3.05, 3.63) is 52.5 Å². The molecule has 0 heterocycles. The third-order valence-electron chi connectivity index (χ3n) is 3.35. The van der Waals surface area contributed by atoms with E-state index in [1.54, 1.807) is 18.2 Å². The van der Waals surface area contributed by atoms with Gasteiger partial charge in [-0.2, -0.15) is 0 Å². The molecule has 0 aliphatic heterocycles. The highest BCUT2D eigenvalue weighted by molar-refractivity contribution is 6.34. The van der Waals surface area contributed by atoms with E-state index in [0.29, 0.717) is 15.8 Å². The summed E-state index contributed by atoms with van der Waals surface area (Å²) in [6, 6.07) is 13.0. The van der Waals surface area contributed by atoms with Crippen molar-refractivity contribution in [1.82, 2.24) is 4.90 Å². The number of nitrogens with zero attached hydrogens (tertiary/aromatic N) is 1. The van der Waals surface area contributed by atoms with Crippen LogP contribution in [0, 0.1) is 0 Å². The summed E-state index contributed by atoms with van der Waals surface area (Å²) in [5.74, 6) is 1.30. The van der Waals surface area contributed by atoms with Gasteiger partial charge in [-0.25, -0.2) is 0 Å². The number of para-hydroxylation sites is 2. The van der Waals surface area contributed by atoms with Crippen molar-refractivity contribution in [2.24, 2.45) is 0 Å². The first-order valence-electron chi connectivity index (χ1n) is 7.67. The summed E-state index contributed by atoms with van der Waals surface area (Å²) < 4.78 is 5.93. The lowest BCUT2D eigenvalue weighted by atomic mass is 10.2. The van der Waals surface area contributed by atoms with Gasteiger partial charge in [0.15, 0.2) is 5.75 Å². The molecular weight excluding hydrogens is 331 g/mol. The van der Waals surface area contributed by atoms with E-state index >= 15 is 0 Å². The largest absolute Gasteiger partial charge is 0.454 e. The highest BCUT2D eigenvalue weighted by Gasteiger charge is 2.08. The van der Waals surface area contributed by atoms with Crippen molar-refractivity contribution >= 4 is 28.9 Å². The highest BCUT2D eigenvalue weighted by atomic mass is 35.5. The number of unbranched alkanes of at least 4 members (excludes halogenated alkanes) is 1. The SMILES string of the molecule is CN(C)CCCCNc1ccccc1Oc1cc(Cl)ccc1Cl. The van der Waals surface area contributed by atoms with E-state index in [2.05, 4.69) is 24.3 Å². The van der Waals surface area contributed by atoms with Crippen LogP contribution in [0.1, 0.15) is 12.8 Å². The molecule has 1 N–H and O–H groups in total. The minimum absolute atomic E-state index is 0.537. The molecule has 0 saturated carbocycles. The standard InChI is InChI=1S/C18H22Cl2N2O/c1-22(2)12-6-5-11-21-16-7-3-4-8-17(16)23-18-13-14(19)9-10-15(18)20/h3-4,7-10,13,21H,5-6,11-12H2,1-2H3. The fourth-order valence-electron chi connectivity index (χ4n) is 2.15. The molecule has 0 unspecified atom stereocenters. The van der Waals surface area contributed by atoms with Crippen LogP contribution in [0.25, 0.3) is 0 Å². The number of ether oxygens (including phenoxy) is 1. The Labute approximate surface area is 148 Å². The molecule has 23 heavy (non-hydrogen) atoms. The molecular formula is C18H22Cl2N2O. The Morgan fingerprint density at radius 1 is 1.00 bits per heavy atom. The molecule has 0 amide bonds. The van der Waals surface area contributed by atoms with Gasteiger partial charge in [-0.15, -0.1) is 0 Å². The summed E-state index contributed by atoms with van der Waals surface area (Å²) >= 11 is 12.2. The van der Waals surface area contributed by atoms with Crippen molar-refractivity contribution < 1.29 is 4.74 Å². The molecule has 2 rings (SSSR count). The number of hydrogen-bond acceptors (Lipinski definition) is 3. The van der Waals surface area contributed by atoms with Crippen LogP contribution in [0.5, 0.6) is 11.5 Å². The number of benzene rings is 2. The normalized spacial score (nSPS) is 10.8. The minimum Gasteiger partial charge on any atom is -0.454 e. The average molecular weight is 353 g/mol. The molecule has 0 aliphatic rings. The second kappa shape index (κ2) is 9.02. The van der Waals surface area contributed by atoms with Gasteiger partial charge in [0.05, 0.1) is 10.7 Å². The zero-order valence-corrected chi connectivity index (χ0v) is 15.0. The van der Waals surface area contributed by atoms with E-state index in [1.807, 2.05) is 24.3 Å². The van der Waals surface area contributed by atoms with Gasteiger partial charge in [0.25, 0.3) is 0 Å². The maximum atomic E-state index is 6.16. The van der Waals surface area contributed by atoms with E-state index in [0.717, 1.165) is 37.4 Å². The van der Waals surface area contributed by atoms with E-state index in [4.69, 9.17) is 27.9 Å². The zero-order valence-electron chi connectivity index (χ0n) is 13.5. The Kier molecular flexibility index (Phi) is 7.03. The fraction of sp³-hybridized carbons (Fsp3) is 0.333. The highest BCUT2D eigenvalue weighted by Crippen LogP contribution is 2.35. The number of anilines is 1. The van der Waals surface area contributed by atoms with Crippen LogP contribution in [-0.2, 0) is 0 Å². The Morgan fingerprint density at radius 3 is 2.57 bits per heavy atom. The van der Waals surface area contributed by atoms with Crippen molar-refractivity contribution in [3.63, 3.8) is 0 Å². The molecule has 0 atom stereocenters. The van der Waals surface area contributed by atoms with Crippen LogP contribution in [0.2, 0.25) is 10.0 Å². The maximum absolute atomic E-state index is 6.16. The van der Waals surface area contributed by atoms with Crippen LogP contribution in [0.3, 0.4) is 0 Å². The molecule has 5 heteroatoms. The van der Waals surface area contributed by atoms with Gasteiger partial charge in [-0.1, -0.05) is 35.3 Å². The lowest BCUT2D eigenvalue weighted by molar-refractivity contribution is 0.396. The Bertz CT molecular complexity index is 632. The first-order valence-corrected chi connectivity index (χ1v) is 8.42. The Morgan fingerprint density at radius 2 is 1.78 bits per heavy atom. The molecule has 2 aromatic rings. The molecule has 124 valence electrons. The van der Waals surface area contributed by atoms with Crippen molar-refractivity contribution in [2.75, 3.05) is 32.5 Å². The predicted molar refractivity (Wildman–Crippen MR) is 99.3 cm³/mol. The van der Waals surface area contributed by atoms with Gasteiger partial charge >= 0.3 is 0 Å². The number of nitrogens with one attached hydrogen (secondary N) is 1. The van der Waals surface area contributed by atoms with E-state index in [9.17, 15) is 0 Å². The molecule has 0 aliphatic carbocycles. The zero-order chi connectivity index (χ0) is 16.7. The summed E-state index contributed by atoms with van der Waals surface area (Å²) in [7, 11) is 4.18. The molecule has 3 nitrogen and oxygen atoms in total. The average Bonchev–Trinajstić information content (AvgIpc) is 2.52. The molecule has 0 fully saturated rings. The topological polar surface area (TPSA) is 24.5 Å². The maximum Gasteiger partial charge on any atom is 0.150 e. The lowest BCUT2D eigenvalue weighted by Crippen LogP contribution is -2.14. The molecule has 0 saturated heterocycles. The number of halogens is 2. The second-order valence-electron chi connectivity index (χ2n) is 5.61. The number of rotatable bonds is 8. The van der Waals surface area contributed by atoms with Crippen LogP contribution in [0.15, 0.2) is 42.5 Å². The van der Waals surface area contributed by atoms with Crippen LogP contribution in [0.4, 0.5) is 5.69 Å². The minimum atomic E-state index is 0.537. The quantitative estimate of drug-likeness (QED) is 0.631. The smallest absolute Gasteiger partial charge is 0.150 e. The van der Waals surface area contributed by atoms with E-state index in [-0.39, 0.29) is 0 Å². The van der Waals surface area contributed by atoms with Gasteiger partial charge in [-0.3, -0.25) is 0 Å². The lowest BCUT2D eigenvalue weighted by Gasteiger charge is -2.14. The third-order valence-corrected chi connectivity index (χ3v) is 3.90. The van der Waals surface area contributed by atoms with Crippen LogP contribution < -0.4 is 10.1 Å². The Hall–Kier alpha value is -1.42. The summed E-state index contributed by atoms with van der Waals surface area (Å²) in [5.41, 5.74) is 0.952. The Balaban J connectivity index is 1.98. The van der Waals surface area contributed by atoms with Gasteiger partial charge in [0.1, 0.15) is 5.75 Å². The van der Waals surface area contributed by atoms with Gasteiger partial charge in [0.2, 0.25) is 0 Å². The molecule has 2 aromatic carbocycles. The fourth-order valence-corrected chi connectivity index (χ4v) is 2.47. The molecule has 0 radical (unpaired) electrons. The molecule has 0 spiro atoms. The van der Waals surface area contributed by atoms with Crippen LogP contribution in [-0.4, -0.2) is 32.1 Å². The van der Waals surface area contributed by atoms with Crippen molar-refractivity contribution in [1.29, 1.82) is 0 Å². The summed E-state index contributed by atoms with van der Waals surface area (Å²) in [4.78, 5) is 2.19. The first kappa shape index (κ1) is 17.9. The summed E-state index contributed by atoms with van der Waals surface area (Å²) in [6.07, 6.45) is 2.26. The predicted octanol–water partition coefficient (Wildman–Crippen LogP) is 5.54. The third kappa shape index (κ3) is 5.94. The van der Waals surface area contributed by atoms with Gasteiger partial charge < -0.3 is 15.0 Å². The first-order chi connectivity index (χ1) is 11.1. The van der Waals surface area contributed by atoms with E-state index in [1.165, 1.54) is 0 Å². The monoisotopic (exact) mass is 352 g/mol. The van der Waals surface area contributed by atoms with E-state index < -0.39 is 0 Å². The van der Waals surface area contributed by atoms with Crippen LogP contribution >= 0.6 is 23.2 Å². The van der Waals surface area contributed by atoms with Crippen molar-refractivity contribution in [3.8, 4) is 11.5 Å².